The molecule has 0 amide bonds. The molecule has 1 fully saturated rings. The number of carbonyl (C=O) groups is 2. The first-order valence-electron chi connectivity index (χ1n) is 7.37. The molecule has 0 aliphatic carbocycles. The number of cyclic esters (lactones) is 1. The summed E-state index contributed by atoms with van der Waals surface area (Å²) in [5.41, 5.74) is 0.599. The van der Waals surface area contributed by atoms with Crippen molar-refractivity contribution < 1.29 is 14.3 Å². The van der Waals surface area contributed by atoms with Gasteiger partial charge in [0.25, 0.3) is 0 Å². The first-order chi connectivity index (χ1) is 10.5. The molecular formula is C19H18O3. The monoisotopic (exact) mass is 294 g/mol. The van der Waals surface area contributed by atoms with Gasteiger partial charge in [-0.3, -0.25) is 9.59 Å². The van der Waals surface area contributed by atoms with E-state index in [1.807, 2.05) is 60.7 Å². The van der Waals surface area contributed by atoms with Crippen molar-refractivity contribution >= 4 is 11.8 Å². The highest BCUT2D eigenvalue weighted by Gasteiger charge is 2.51. The molecule has 0 radical (unpaired) electrons. The van der Waals surface area contributed by atoms with Gasteiger partial charge in [-0.15, -0.1) is 0 Å². The van der Waals surface area contributed by atoms with Crippen LogP contribution in [0.1, 0.15) is 37.0 Å². The number of ketones is 1. The molecule has 1 aliphatic heterocycles. The van der Waals surface area contributed by atoms with Crippen LogP contribution < -0.4 is 0 Å². The summed E-state index contributed by atoms with van der Waals surface area (Å²) >= 11 is 0. The van der Waals surface area contributed by atoms with Crippen LogP contribution in [0.25, 0.3) is 0 Å². The van der Waals surface area contributed by atoms with E-state index in [1.165, 1.54) is 0 Å². The molecule has 2 atom stereocenters. The van der Waals surface area contributed by atoms with Gasteiger partial charge in [-0.2, -0.15) is 0 Å². The Bertz CT molecular complexity index is 689. The van der Waals surface area contributed by atoms with Crippen LogP contribution in [0.4, 0.5) is 0 Å². The first kappa shape index (κ1) is 14.5. The Morgan fingerprint density at radius 1 is 0.818 bits per heavy atom. The number of esters is 1. The molecule has 1 heterocycles. The van der Waals surface area contributed by atoms with E-state index < -0.39 is 23.4 Å². The maximum atomic E-state index is 12.9. The van der Waals surface area contributed by atoms with Gasteiger partial charge >= 0.3 is 5.97 Å². The fourth-order valence-electron chi connectivity index (χ4n) is 2.85. The molecule has 0 bridgehead atoms. The lowest BCUT2D eigenvalue weighted by molar-refractivity contribution is -0.174. The van der Waals surface area contributed by atoms with Gasteiger partial charge in [-0.1, -0.05) is 60.7 Å². The zero-order valence-corrected chi connectivity index (χ0v) is 12.7. The summed E-state index contributed by atoms with van der Waals surface area (Å²) in [6.45, 7) is 3.27. The molecular weight excluding hydrogens is 276 g/mol. The minimum absolute atomic E-state index is 0.0937. The summed E-state index contributed by atoms with van der Waals surface area (Å²) < 4.78 is 5.67. The number of carbonyl (C=O) groups excluding carboxylic acids is 2. The Labute approximate surface area is 129 Å². The number of hydrogen-bond donors (Lipinski definition) is 0. The number of ether oxygens (including phenoxy) is 1. The molecule has 3 heteroatoms. The van der Waals surface area contributed by atoms with E-state index in [0.29, 0.717) is 0 Å². The van der Waals surface area contributed by atoms with Gasteiger partial charge in [0.15, 0.2) is 5.78 Å². The first-order valence-corrected chi connectivity index (χ1v) is 7.37. The summed E-state index contributed by atoms with van der Waals surface area (Å²) in [5, 5.41) is 0. The second-order valence-corrected chi connectivity index (χ2v) is 6.11. The average molecular weight is 294 g/mol. The van der Waals surface area contributed by atoms with E-state index in [4.69, 9.17) is 4.74 Å². The van der Waals surface area contributed by atoms with Crippen LogP contribution in [-0.2, 0) is 14.3 Å². The third-order valence-corrected chi connectivity index (χ3v) is 4.23. The topological polar surface area (TPSA) is 43.4 Å². The van der Waals surface area contributed by atoms with Crippen molar-refractivity contribution in [3.8, 4) is 0 Å². The molecule has 0 spiro atoms. The Morgan fingerprint density at radius 2 is 1.32 bits per heavy atom. The predicted molar refractivity (Wildman–Crippen MR) is 83.2 cm³/mol. The molecule has 112 valence electrons. The lowest BCUT2D eigenvalue weighted by Crippen LogP contribution is -2.46. The molecule has 0 saturated carbocycles. The summed E-state index contributed by atoms with van der Waals surface area (Å²) in [6, 6.07) is 19.0. The summed E-state index contributed by atoms with van der Waals surface area (Å²) in [4.78, 5) is 25.2. The van der Waals surface area contributed by atoms with Gasteiger partial charge in [0, 0.05) is 0 Å². The van der Waals surface area contributed by atoms with E-state index in [0.717, 1.165) is 11.1 Å². The molecule has 1 aliphatic rings. The Morgan fingerprint density at radius 3 is 1.86 bits per heavy atom. The fraction of sp³-hybridized carbons (Fsp3) is 0.263. The lowest BCUT2D eigenvalue weighted by atomic mass is 9.72. The molecule has 2 aromatic rings. The van der Waals surface area contributed by atoms with Crippen molar-refractivity contribution in [3.05, 3.63) is 71.8 Å². The van der Waals surface area contributed by atoms with E-state index in [1.54, 1.807) is 13.8 Å². The molecule has 2 aromatic carbocycles. The van der Waals surface area contributed by atoms with Crippen LogP contribution >= 0.6 is 0 Å². The highest BCUT2D eigenvalue weighted by molar-refractivity contribution is 6.08. The molecule has 22 heavy (non-hydrogen) atoms. The van der Waals surface area contributed by atoms with Crippen LogP contribution in [0.2, 0.25) is 0 Å². The SMILES string of the molecule is CC1(C)C(=O)O[C@@H](c2ccccc2)[C@H](c2ccccc2)C1=O. The maximum absolute atomic E-state index is 12.9. The largest absolute Gasteiger partial charge is 0.456 e. The second-order valence-electron chi connectivity index (χ2n) is 6.11. The van der Waals surface area contributed by atoms with Crippen LogP contribution in [0.15, 0.2) is 60.7 Å². The quantitative estimate of drug-likeness (QED) is 0.627. The third kappa shape index (κ3) is 2.33. The summed E-state index contributed by atoms with van der Waals surface area (Å²) in [7, 11) is 0. The minimum atomic E-state index is -1.12. The molecule has 3 rings (SSSR count). The normalized spacial score (nSPS) is 23.9. The van der Waals surface area contributed by atoms with Crippen molar-refractivity contribution in [2.45, 2.75) is 25.9 Å². The molecule has 0 aromatic heterocycles. The van der Waals surface area contributed by atoms with Crippen LogP contribution in [-0.4, -0.2) is 11.8 Å². The molecule has 3 nitrogen and oxygen atoms in total. The minimum Gasteiger partial charge on any atom is -0.456 e. The van der Waals surface area contributed by atoms with Gasteiger partial charge in [0.2, 0.25) is 0 Å². The van der Waals surface area contributed by atoms with E-state index in [9.17, 15) is 9.59 Å². The molecule has 0 N–H and O–H groups in total. The molecule has 0 unspecified atom stereocenters. The van der Waals surface area contributed by atoms with Gasteiger partial charge in [0.1, 0.15) is 11.5 Å². The summed E-state index contributed by atoms with van der Waals surface area (Å²) in [6.07, 6.45) is -0.573. The van der Waals surface area contributed by atoms with Crippen molar-refractivity contribution in [2.24, 2.45) is 5.41 Å². The predicted octanol–water partition coefficient (Wildman–Crippen LogP) is 3.66. The van der Waals surface area contributed by atoms with Crippen LogP contribution in [0, 0.1) is 5.41 Å². The third-order valence-electron chi connectivity index (χ3n) is 4.23. The number of hydrogen-bond acceptors (Lipinski definition) is 3. The van der Waals surface area contributed by atoms with Crippen molar-refractivity contribution in [1.29, 1.82) is 0 Å². The number of benzene rings is 2. The Kier molecular flexibility index (Phi) is 3.57. The smallest absolute Gasteiger partial charge is 0.319 e. The average Bonchev–Trinajstić information content (AvgIpc) is 2.54. The van der Waals surface area contributed by atoms with Crippen molar-refractivity contribution in [1.82, 2.24) is 0 Å². The standard InChI is InChI=1S/C19H18O3/c1-19(2)17(20)15(13-9-5-3-6-10-13)16(22-18(19)21)14-11-7-4-8-12-14/h3-12,15-16H,1-2H3/t15-,16-/m0/s1. The van der Waals surface area contributed by atoms with Crippen LogP contribution in [0.5, 0.6) is 0 Å². The van der Waals surface area contributed by atoms with E-state index >= 15 is 0 Å². The van der Waals surface area contributed by atoms with Gasteiger partial charge in [0.05, 0.1) is 5.92 Å². The lowest BCUT2D eigenvalue weighted by Gasteiger charge is -2.38. The number of rotatable bonds is 2. The van der Waals surface area contributed by atoms with Gasteiger partial charge in [-0.25, -0.2) is 0 Å². The highest BCUT2D eigenvalue weighted by atomic mass is 16.5. The Balaban J connectivity index is 2.10. The Hall–Kier alpha value is -2.42. The second kappa shape index (κ2) is 5.41. The zero-order valence-electron chi connectivity index (χ0n) is 12.7. The van der Waals surface area contributed by atoms with E-state index in [-0.39, 0.29) is 5.78 Å². The summed E-state index contributed by atoms with van der Waals surface area (Å²) in [5.74, 6) is -1.03. The van der Waals surface area contributed by atoms with Crippen molar-refractivity contribution in [3.63, 3.8) is 0 Å². The number of Topliss-reactive ketones (excluding diaryl/α,β-unsaturated/α-hetero) is 1. The van der Waals surface area contributed by atoms with Gasteiger partial charge in [-0.05, 0) is 25.0 Å². The van der Waals surface area contributed by atoms with E-state index in [2.05, 4.69) is 0 Å². The fourth-order valence-corrected chi connectivity index (χ4v) is 2.85. The van der Waals surface area contributed by atoms with Crippen molar-refractivity contribution in [2.75, 3.05) is 0 Å². The van der Waals surface area contributed by atoms with Crippen LogP contribution in [0.3, 0.4) is 0 Å². The zero-order chi connectivity index (χ0) is 15.7. The van der Waals surface area contributed by atoms with Gasteiger partial charge < -0.3 is 4.74 Å². The molecule has 1 saturated heterocycles. The maximum Gasteiger partial charge on any atom is 0.319 e. The highest BCUT2D eigenvalue weighted by Crippen LogP contribution is 2.44.